The molecule has 2 aromatic rings. The number of amides is 1. The number of anilines is 1. The number of carbonyl (C=O) groups excluding carboxylic acids is 2. The number of piperazine rings is 1. The summed E-state index contributed by atoms with van der Waals surface area (Å²) in [6.45, 7) is 6.07. The molecule has 194 valence electrons. The van der Waals surface area contributed by atoms with E-state index in [1.54, 1.807) is 38.5 Å². The molecule has 36 heavy (non-hydrogen) atoms. The molecule has 0 aliphatic carbocycles. The molecule has 2 heterocycles. The molecule has 2 aliphatic rings. The van der Waals surface area contributed by atoms with Crippen molar-refractivity contribution in [3.63, 3.8) is 0 Å². The van der Waals surface area contributed by atoms with Gasteiger partial charge in [-0.05, 0) is 61.1 Å². The van der Waals surface area contributed by atoms with Gasteiger partial charge in [0.15, 0.2) is 0 Å². The summed E-state index contributed by atoms with van der Waals surface area (Å²) in [5, 5.41) is 11.4. The SMILES string of the molecule is COc1ccc(C(=O)N2CC[C@@H](CC(=O)[O-])[C@@H](CC[NH+]3CCN(c4ccccc4OC)CC3)C2)cc1. The van der Waals surface area contributed by atoms with Crippen LogP contribution in [0.25, 0.3) is 0 Å². The van der Waals surface area contributed by atoms with Crippen LogP contribution in [0.3, 0.4) is 0 Å². The number of quaternary nitrogens is 1. The zero-order valence-corrected chi connectivity index (χ0v) is 21.3. The fourth-order valence-electron chi connectivity index (χ4n) is 5.59. The smallest absolute Gasteiger partial charge is 0.253 e. The quantitative estimate of drug-likeness (QED) is 0.552. The van der Waals surface area contributed by atoms with Gasteiger partial charge >= 0.3 is 0 Å². The van der Waals surface area contributed by atoms with Crippen LogP contribution in [-0.4, -0.2) is 76.8 Å². The third kappa shape index (κ3) is 6.29. The standard InChI is InChI=1S/C28H37N3O5/c1-35-24-9-7-21(8-10-24)28(34)31-14-12-22(19-27(32)33)23(20-31)11-13-29-15-17-30(18-16-29)25-5-3-4-6-26(25)36-2/h3-10,22-23H,11-20H2,1-2H3,(H,32,33)/t22-,23-/m0/s1. The number of piperidine rings is 1. The number of hydrogen-bond donors (Lipinski definition) is 1. The van der Waals surface area contributed by atoms with Gasteiger partial charge in [-0.15, -0.1) is 0 Å². The number of aliphatic carboxylic acids is 1. The van der Waals surface area contributed by atoms with Crippen molar-refractivity contribution >= 4 is 17.6 Å². The summed E-state index contributed by atoms with van der Waals surface area (Å²) in [6, 6.07) is 15.3. The van der Waals surface area contributed by atoms with Crippen molar-refractivity contribution in [2.45, 2.75) is 19.3 Å². The van der Waals surface area contributed by atoms with Gasteiger partial charge in [0.25, 0.3) is 5.91 Å². The predicted octanol–water partition coefficient (Wildman–Crippen LogP) is 0.717. The minimum atomic E-state index is -1.00. The minimum absolute atomic E-state index is 0.00711. The minimum Gasteiger partial charge on any atom is -0.550 e. The van der Waals surface area contributed by atoms with Crippen LogP contribution < -0.4 is 24.4 Å². The van der Waals surface area contributed by atoms with Crippen LogP contribution in [0.2, 0.25) is 0 Å². The van der Waals surface area contributed by atoms with E-state index in [1.165, 1.54) is 4.90 Å². The van der Waals surface area contributed by atoms with E-state index in [9.17, 15) is 14.7 Å². The van der Waals surface area contributed by atoms with Crippen LogP contribution in [0, 0.1) is 11.8 Å². The lowest BCUT2D eigenvalue weighted by molar-refractivity contribution is -0.901. The second-order valence-corrected chi connectivity index (χ2v) is 9.81. The second-order valence-electron chi connectivity index (χ2n) is 9.81. The Morgan fingerprint density at radius 2 is 1.69 bits per heavy atom. The molecule has 0 aromatic heterocycles. The molecule has 0 unspecified atom stereocenters. The Hall–Kier alpha value is -3.26. The number of likely N-dealkylation sites (tertiary alicyclic amines) is 1. The molecule has 0 bridgehead atoms. The molecule has 1 N–H and O–H groups in total. The zero-order chi connectivity index (χ0) is 25.5. The van der Waals surface area contributed by atoms with Gasteiger partial charge in [0.05, 0.1) is 52.6 Å². The molecule has 8 heteroatoms. The Labute approximate surface area is 213 Å². The number of ether oxygens (including phenoxy) is 2. The largest absolute Gasteiger partial charge is 0.550 e. The number of nitrogens with zero attached hydrogens (tertiary/aromatic N) is 2. The maximum absolute atomic E-state index is 13.1. The maximum Gasteiger partial charge on any atom is 0.253 e. The molecular formula is C28H37N3O5. The van der Waals surface area contributed by atoms with Crippen LogP contribution in [0.1, 0.15) is 29.6 Å². The molecule has 8 nitrogen and oxygen atoms in total. The van der Waals surface area contributed by atoms with E-state index in [0.717, 1.165) is 50.6 Å². The summed E-state index contributed by atoms with van der Waals surface area (Å²) in [5.74, 6) is 0.800. The molecule has 0 spiro atoms. The van der Waals surface area contributed by atoms with E-state index in [-0.39, 0.29) is 24.2 Å². The van der Waals surface area contributed by atoms with E-state index in [0.29, 0.717) is 30.8 Å². The van der Waals surface area contributed by atoms with Crippen LogP contribution in [0.15, 0.2) is 48.5 Å². The van der Waals surface area contributed by atoms with Gasteiger partial charge < -0.3 is 34.1 Å². The number of rotatable bonds is 9. The molecular weight excluding hydrogens is 458 g/mol. The Kier molecular flexibility index (Phi) is 8.70. The number of carbonyl (C=O) groups is 2. The fraction of sp³-hybridized carbons (Fsp3) is 0.500. The topological polar surface area (TPSA) is 86.6 Å². The molecule has 2 saturated heterocycles. The Morgan fingerprint density at radius 1 is 0.972 bits per heavy atom. The van der Waals surface area contributed by atoms with Crippen LogP contribution in [-0.2, 0) is 4.79 Å². The molecule has 0 saturated carbocycles. The summed E-state index contributed by atoms with van der Waals surface area (Å²) >= 11 is 0. The fourth-order valence-corrected chi connectivity index (χ4v) is 5.59. The number of methoxy groups -OCH3 is 2. The molecule has 2 aliphatic heterocycles. The third-order valence-electron chi connectivity index (χ3n) is 7.71. The molecule has 2 aromatic carbocycles. The van der Waals surface area contributed by atoms with Gasteiger partial charge in [0, 0.05) is 31.0 Å². The highest BCUT2D eigenvalue weighted by molar-refractivity contribution is 5.94. The lowest BCUT2D eigenvalue weighted by Gasteiger charge is -2.40. The lowest BCUT2D eigenvalue weighted by atomic mass is 9.81. The third-order valence-corrected chi connectivity index (χ3v) is 7.71. The highest BCUT2D eigenvalue weighted by Gasteiger charge is 2.33. The van der Waals surface area contributed by atoms with Crippen molar-refractivity contribution < 1.29 is 29.1 Å². The van der Waals surface area contributed by atoms with Crippen molar-refractivity contribution in [3.8, 4) is 11.5 Å². The number of carboxylic acid groups (broad SMARTS) is 1. The van der Waals surface area contributed by atoms with Crippen LogP contribution >= 0.6 is 0 Å². The molecule has 4 rings (SSSR count). The van der Waals surface area contributed by atoms with Gasteiger partial charge in [0.2, 0.25) is 0 Å². The summed E-state index contributed by atoms with van der Waals surface area (Å²) in [4.78, 5) is 30.3. The first-order valence-electron chi connectivity index (χ1n) is 12.8. The number of benzene rings is 2. The molecule has 1 amide bonds. The summed E-state index contributed by atoms with van der Waals surface area (Å²) < 4.78 is 10.7. The van der Waals surface area contributed by atoms with Crippen LogP contribution in [0.5, 0.6) is 11.5 Å². The van der Waals surface area contributed by atoms with Crippen molar-refractivity contribution in [1.82, 2.24) is 4.90 Å². The highest BCUT2D eigenvalue weighted by atomic mass is 16.5. The normalized spacial score (nSPS) is 20.7. The van der Waals surface area contributed by atoms with E-state index >= 15 is 0 Å². The molecule has 2 atom stereocenters. The van der Waals surface area contributed by atoms with E-state index in [4.69, 9.17) is 9.47 Å². The van der Waals surface area contributed by atoms with E-state index in [2.05, 4.69) is 11.0 Å². The van der Waals surface area contributed by atoms with E-state index < -0.39 is 5.97 Å². The Balaban J connectivity index is 1.34. The maximum atomic E-state index is 13.1. The first-order valence-corrected chi connectivity index (χ1v) is 12.8. The van der Waals surface area contributed by atoms with Crippen LogP contribution in [0.4, 0.5) is 5.69 Å². The average Bonchev–Trinajstić information content (AvgIpc) is 2.92. The summed E-state index contributed by atoms with van der Waals surface area (Å²) in [5.41, 5.74) is 1.76. The van der Waals surface area contributed by atoms with Gasteiger partial charge in [-0.2, -0.15) is 0 Å². The van der Waals surface area contributed by atoms with Crippen molar-refractivity contribution in [1.29, 1.82) is 0 Å². The Morgan fingerprint density at radius 3 is 2.36 bits per heavy atom. The monoisotopic (exact) mass is 495 g/mol. The Bertz CT molecular complexity index is 1020. The number of hydrogen-bond acceptors (Lipinski definition) is 6. The van der Waals surface area contributed by atoms with Crippen molar-refractivity contribution in [2.75, 3.05) is 64.9 Å². The van der Waals surface area contributed by atoms with Gasteiger partial charge in [-0.25, -0.2) is 0 Å². The number of carboxylic acids is 1. The zero-order valence-electron chi connectivity index (χ0n) is 21.3. The number of nitrogens with one attached hydrogen (secondary N) is 1. The molecule has 0 radical (unpaired) electrons. The lowest BCUT2D eigenvalue weighted by Crippen LogP contribution is -3.15. The van der Waals surface area contributed by atoms with Crippen molar-refractivity contribution in [2.24, 2.45) is 11.8 Å². The van der Waals surface area contributed by atoms with Crippen molar-refractivity contribution in [3.05, 3.63) is 54.1 Å². The highest BCUT2D eigenvalue weighted by Crippen LogP contribution is 2.30. The number of para-hydroxylation sites is 2. The van der Waals surface area contributed by atoms with Gasteiger partial charge in [-0.3, -0.25) is 4.79 Å². The van der Waals surface area contributed by atoms with Gasteiger partial charge in [-0.1, -0.05) is 12.1 Å². The first kappa shape index (κ1) is 25.8. The van der Waals surface area contributed by atoms with E-state index in [1.807, 2.05) is 23.1 Å². The molecule has 2 fully saturated rings. The summed E-state index contributed by atoms with van der Waals surface area (Å²) in [7, 11) is 3.31. The average molecular weight is 496 g/mol. The van der Waals surface area contributed by atoms with Gasteiger partial charge in [0.1, 0.15) is 11.5 Å². The summed E-state index contributed by atoms with van der Waals surface area (Å²) in [6.07, 6.45) is 1.65. The second kappa shape index (κ2) is 12.1. The predicted molar refractivity (Wildman–Crippen MR) is 136 cm³/mol. The first-order chi connectivity index (χ1) is 17.5.